The summed E-state index contributed by atoms with van der Waals surface area (Å²) >= 11 is 12.8. The summed E-state index contributed by atoms with van der Waals surface area (Å²) in [6.07, 6.45) is 2.77. The number of piperidine rings is 1. The number of hydrogen-bond acceptors (Lipinski definition) is 7. The van der Waals surface area contributed by atoms with E-state index in [0.29, 0.717) is 41.5 Å². The van der Waals surface area contributed by atoms with Crippen molar-refractivity contribution in [2.75, 3.05) is 46.9 Å². The molecule has 0 spiro atoms. The minimum atomic E-state index is -0.678. The number of carbonyl (C=O) groups excluding carboxylic acids is 3. The standard InChI is InChI=1S/C35H39Cl2N3O6/c1-23(41)46-31-29(44-2)19-24(20-30(31)45-3)32(42)40-18-12-34(22-40,26-9-10-27(36)28(37)21-26)11-15-39-16-13-35(14-17-39,33(38)43)25-7-5-4-6-8-25/h4-10,19-21H,11-18,22H2,1-3H3,(H2,38,43). The number of rotatable bonds is 10. The Bertz CT molecular complexity index is 1580. The van der Waals surface area contributed by atoms with Gasteiger partial charge in [-0.2, -0.15) is 0 Å². The van der Waals surface area contributed by atoms with E-state index in [1.807, 2.05) is 47.4 Å². The molecule has 2 heterocycles. The lowest BCUT2D eigenvalue weighted by Crippen LogP contribution is -2.50. The highest BCUT2D eigenvalue weighted by molar-refractivity contribution is 6.42. The first-order valence-electron chi connectivity index (χ1n) is 15.3. The molecule has 9 nitrogen and oxygen atoms in total. The number of methoxy groups -OCH3 is 2. The van der Waals surface area contributed by atoms with Gasteiger partial charge in [-0.05, 0) is 80.7 Å². The summed E-state index contributed by atoms with van der Waals surface area (Å²) in [7, 11) is 2.88. The number of amides is 2. The van der Waals surface area contributed by atoms with E-state index < -0.39 is 11.4 Å². The van der Waals surface area contributed by atoms with Gasteiger partial charge in [0, 0.05) is 31.0 Å². The molecule has 0 aromatic heterocycles. The molecule has 5 rings (SSSR count). The SMILES string of the molecule is COc1cc(C(=O)N2CCC(CCN3CCC(C(N)=O)(c4ccccc4)CC3)(c3ccc(Cl)c(Cl)c3)C2)cc(OC)c1OC(C)=O. The van der Waals surface area contributed by atoms with Crippen LogP contribution in [0.5, 0.6) is 17.2 Å². The number of hydrogen-bond donors (Lipinski definition) is 1. The first-order chi connectivity index (χ1) is 22.0. The zero-order chi connectivity index (χ0) is 33.1. The molecule has 3 aromatic carbocycles. The number of nitrogens with zero attached hydrogens (tertiary/aromatic N) is 2. The molecule has 2 N–H and O–H groups in total. The average molecular weight is 669 g/mol. The van der Waals surface area contributed by atoms with Gasteiger partial charge in [-0.3, -0.25) is 14.4 Å². The van der Waals surface area contributed by atoms with Gasteiger partial charge >= 0.3 is 5.97 Å². The van der Waals surface area contributed by atoms with Crippen molar-refractivity contribution in [2.45, 2.75) is 43.4 Å². The van der Waals surface area contributed by atoms with Gasteiger partial charge in [0.15, 0.2) is 11.5 Å². The summed E-state index contributed by atoms with van der Waals surface area (Å²) in [5, 5.41) is 0.934. The maximum atomic E-state index is 13.9. The predicted octanol–water partition coefficient (Wildman–Crippen LogP) is 5.63. The van der Waals surface area contributed by atoms with Crippen LogP contribution in [-0.4, -0.2) is 74.5 Å². The van der Waals surface area contributed by atoms with Crippen LogP contribution in [0.3, 0.4) is 0 Å². The fourth-order valence-corrected chi connectivity index (χ4v) is 7.15. The highest BCUT2D eigenvalue weighted by atomic mass is 35.5. The van der Waals surface area contributed by atoms with Crippen molar-refractivity contribution in [3.05, 3.63) is 87.4 Å². The fraction of sp³-hybridized carbons (Fsp3) is 0.400. The zero-order valence-electron chi connectivity index (χ0n) is 26.3. The van der Waals surface area contributed by atoms with E-state index in [9.17, 15) is 14.4 Å². The van der Waals surface area contributed by atoms with Crippen LogP contribution in [0.2, 0.25) is 10.0 Å². The Labute approximate surface area is 279 Å². The number of nitrogens with two attached hydrogens (primary N) is 1. The lowest BCUT2D eigenvalue weighted by molar-refractivity contribution is -0.132. The molecule has 0 saturated carbocycles. The number of likely N-dealkylation sites (tertiary alicyclic amines) is 2. The monoisotopic (exact) mass is 667 g/mol. The van der Waals surface area contributed by atoms with Crippen molar-refractivity contribution in [3.63, 3.8) is 0 Å². The summed E-state index contributed by atoms with van der Waals surface area (Å²) in [4.78, 5) is 42.5. The first kappa shape index (κ1) is 33.6. The molecule has 0 radical (unpaired) electrons. The van der Waals surface area contributed by atoms with E-state index in [2.05, 4.69) is 4.90 Å². The van der Waals surface area contributed by atoms with Gasteiger partial charge in [0.05, 0.1) is 29.7 Å². The third kappa shape index (κ3) is 6.68. The zero-order valence-corrected chi connectivity index (χ0v) is 27.8. The Kier molecular flexibility index (Phi) is 10.2. The van der Waals surface area contributed by atoms with E-state index in [-0.39, 0.29) is 34.5 Å². The maximum absolute atomic E-state index is 13.9. The van der Waals surface area contributed by atoms with Crippen LogP contribution < -0.4 is 19.9 Å². The molecule has 2 aliphatic rings. The highest BCUT2D eigenvalue weighted by Crippen LogP contribution is 2.43. The van der Waals surface area contributed by atoms with Gasteiger partial charge in [-0.1, -0.05) is 59.6 Å². The fourth-order valence-electron chi connectivity index (χ4n) is 6.85. The Balaban J connectivity index is 1.37. The number of benzene rings is 3. The lowest BCUT2D eigenvalue weighted by atomic mass is 9.71. The number of halogens is 2. The summed E-state index contributed by atoms with van der Waals surface area (Å²) in [6.45, 7) is 4.49. The van der Waals surface area contributed by atoms with Crippen molar-refractivity contribution in [1.29, 1.82) is 0 Å². The molecule has 0 bridgehead atoms. The Morgan fingerprint density at radius 3 is 2.07 bits per heavy atom. The number of esters is 1. The largest absolute Gasteiger partial charge is 0.493 e. The second kappa shape index (κ2) is 13.9. The van der Waals surface area contributed by atoms with Gasteiger partial charge in [0.2, 0.25) is 11.7 Å². The van der Waals surface area contributed by atoms with E-state index in [1.54, 1.807) is 18.2 Å². The lowest BCUT2D eigenvalue weighted by Gasteiger charge is -2.41. The normalized spacial score (nSPS) is 19.5. The quantitative estimate of drug-likeness (QED) is 0.220. The molecule has 2 aliphatic heterocycles. The average Bonchev–Trinajstić information content (AvgIpc) is 3.50. The molecule has 2 saturated heterocycles. The summed E-state index contributed by atoms with van der Waals surface area (Å²) < 4.78 is 16.2. The molecule has 11 heteroatoms. The van der Waals surface area contributed by atoms with Gasteiger partial charge in [0.25, 0.3) is 5.91 Å². The molecule has 0 aliphatic carbocycles. The van der Waals surface area contributed by atoms with Gasteiger partial charge in [0.1, 0.15) is 0 Å². The van der Waals surface area contributed by atoms with Gasteiger partial charge < -0.3 is 29.7 Å². The summed E-state index contributed by atoms with van der Waals surface area (Å²) in [5.74, 6) is -0.448. The predicted molar refractivity (Wildman–Crippen MR) is 177 cm³/mol. The van der Waals surface area contributed by atoms with Crippen LogP contribution in [0.25, 0.3) is 0 Å². The number of carbonyl (C=O) groups is 3. The van der Waals surface area contributed by atoms with Crippen LogP contribution in [0.4, 0.5) is 0 Å². The Morgan fingerprint density at radius 1 is 0.848 bits per heavy atom. The highest BCUT2D eigenvalue weighted by Gasteiger charge is 2.44. The van der Waals surface area contributed by atoms with E-state index >= 15 is 0 Å². The molecule has 2 fully saturated rings. The maximum Gasteiger partial charge on any atom is 0.308 e. The van der Waals surface area contributed by atoms with Crippen LogP contribution >= 0.6 is 23.2 Å². The van der Waals surface area contributed by atoms with Crippen molar-refractivity contribution in [3.8, 4) is 17.2 Å². The van der Waals surface area contributed by atoms with Crippen LogP contribution in [0.15, 0.2) is 60.7 Å². The summed E-state index contributed by atoms with van der Waals surface area (Å²) in [5.41, 5.74) is 7.26. The molecule has 3 aromatic rings. The molecular weight excluding hydrogens is 629 g/mol. The first-order valence-corrected chi connectivity index (χ1v) is 16.0. The molecule has 1 unspecified atom stereocenters. The molecule has 244 valence electrons. The molecular formula is C35H39Cl2N3O6. The van der Waals surface area contributed by atoms with Crippen molar-refractivity contribution in [2.24, 2.45) is 5.73 Å². The minimum Gasteiger partial charge on any atom is -0.493 e. The number of primary amides is 1. The summed E-state index contributed by atoms with van der Waals surface area (Å²) in [6, 6.07) is 18.6. The molecule has 46 heavy (non-hydrogen) atoms. The topological polar surface area (TPSA) is 111 Å². The van der Waals surface area contributed by atoms with Gasteiger partial charge in [-0.15, -0.1) is 0 Å². The van der Waals surface area contributed by atoms with Crippen LogP contribution in [0.1, 0.15) is 54.1 Å². The van der Waals surface area contributed by atoms with E-state index in [0.717, 1.165) is 43.6 Å². The van der Waals surface area contributed by atoms with E-state index in [1.165, 1.54) is 21.1 Å². The van der Waals surface area contributed by atoms with Crippen LogP contribution in [-0.2, 0) is 20.4 Å². The third-order valence-corrected chi connectivity index (χ3v) is 10.3. The second-order valence-electron chi connectivity index (χ2n) is 12.1. The Morgan fingerprint density at radius 2 is 1.50 bits per heavy atom. The Hall–Kier alpha value is -3.79. The van der Waals surface area contributed by atoms with E-state index in [4.69, 9.17) is 43.1 Å². The van der Waals surface area contributed by atoms with Crippen molar-refractivity contribution in [1.82, 2.24) is 9.80 Å². The van der Waals surface area contributed by atoms with Crippen molar-refractivity contribution < 1.29 is 28.6 Å². The molecule has 1 atom stereocenters. The minimum absolute atomic E-state index is 0.120. The molecule has 2 amide bonds. The van der Waals surface area contributed by atoms with Gasteiger partial charge in [-0.25, -0.2) is 0 Å². The van der Waals surface area contributed by atoms with Crippen LogP contribution in [0, 0.1) is 0 Å². The third-order valence-electron chi connectivity index (χ3n) is 9.54. The smallest absolute Gasteiger partial charge is 0.308 e. The second-order valence-corrected chi connectivity index (χ2v) is 12.9. The van der Waals surface area contributed by atoms with Crippen molar-refractivity contribution >= 4 is 41.0 Å². The number of ether oxygens (including phenoxy) is 3.